The Morgan fingerprint density at radius 3 is 2.42 bits per heavy atom. The maximum Gasteiger partial charge on any atom is 0.397 e. The topological polar surface area (TPSA) is 40.5 Å². The molecule has 3 aliphatic carbocycles. The van der Waals surface area contributed by atoms with E-state index in [1.807, 2.05) is 6.92 Å². The van der Waals surface area contributed by atoms with Gasteiger partial charge in [-0.3, -0.25) is 0 Å². The van der Waals surface area contributed by atoms with E-state index < -0.39 is 17.7 Å². The number of alkyl halides is 3. The van der Waals surface area contributed by atoms with Gasteiger partial charge >= 0.3 is 6.18 Å². The van der Waals surface area contributed by atoms with Gasteiger partial charge in [0.1, 0.15) is 5.92 Å². The first-order valence-electron chi connectivity index (χ1n) is 12.5. The first-order valence-corrected chi connectivity index (χ1v) is 12.5. The van der Waals surface area contributed by atoms with Crippen LogP contribution in [0.25, 0.3) is 0 Å². The molecule has 3 fully saturated rings. The predicted molar refractivity (Wildman–Crippen MR) is 127 cm³/mol. The minimum atomic E-state index is -4.47. The summed E-state index contributed by atoms with van der Waals surface area (Å²) in [5, 5.41) is 20.1. The van der Waals surface area contributed by atoms with Gasteiger partial charge in [0.15, 0.2) is 0 Å². The predicted octanol–water partition coefficient (Wildman–Crippen LogP) is 7.30. The van der Waals surface area contributed by atoms with Gasteiger partial charge in [0.05, 0.1) is 11.7 Å². The molecule has 0 aromatic carbocycles. The summed E-state index contributed by atoms with van der Waals surface area (Å²) in [4.78, 5) is 0. The fourth-order valence-corrected chi connectivity index (χ4v) is 6.70. The molecule has 3 aliphatic rings. The molecule has 0 aliphatic heterocycles. The number of allylic oxidation sites excluding steroid dienone is 5. The Hall–Kier alpha value is -1.33. The molecule has 0 bridgehead atoms. The Bertz CT molecular complexity index is 800. The monoisotopic (exact) mass is 466 g/mol. The SMILES string of the molecule is C=C1CC[C@H](O)C/C1=C/C=C1\CCC[C@]2(C)[C@@H]([C@H](C)/C=C/C(C(C)(C)O)C(F)(F)F)CC[C@@H]12. The summed E-state index contributed by atoms with van der Waals surface area (Å²) in [6.45, 7) is 11.0. The molecule has 186 valence electrons. The Labute approximate surface area is 197 Å². The van der Waals surface area contributed by atoms with E-state index in [4.69, 9.17) is 0 Å². The van der Waals surface area contributed by atoms with E-state index in [9.17, 15) is 23.4 Å². The van der Waals surface area contributed by atoms with Crippen molar-refractivity contribution in [1.82, 2.24) is 0 Å². The number of halogens is 3. The maximum atomic E-state index is 13.5. The zero-order chi connectivity index (χ0) is 24.6. The van der Waals surface area contributed by atoms with Crippen molar-refractivity contribution in [2.75, 3.05) is 0 Å². The van der Waals surface area contributed by atoms with Crippen LogP contribution in [0.1, 0.15) is 79.1 Å². The van der Waals surface area contributed by atoms with Crippen LogP contribution >= 0.6 is 0 Å². The molecule has 2 nitrogen and oxygen atoms in total. The molecule has 5 heteroatoms. The van der Waals surface area contributed by atoms with E-state index in [2.05, 4.69) is 25.7 Å². The minimum Gasteiger partial charge on any atom is -0.393 e. The first kappa shape index (κ1) is 26.3. The Morgan fingerprint density at radius 2 is 1.79 bits per heavy atom. The van der Waals surface area contributed by atoms with Crippen molar-refractivity contribution in [2.45, 2.75) is 96.9 Å². The van der Waals surface area contributed by atoms with E-state index in [1.165, 1.54) is 25.5 Å². The highest BCUT2D eigenvalue weighted by Crippen LogP contribution is 2.59. The fraction of sp³-hybridized carbons (Fsp3) is 0.714. The van der Waals surface area contributed by atoms with Crippen molar-refractivity contribution in [3.63, 3.8) is 0 Å². The molecule has 0 aromatic rings. The van der Waals surface area contributed by atoms with Crippen molar-refractivity contribution in [1.29, 1.82) is 0 Å². The van der Waals surface area contributed by atoms with Crippen molar-refractivity contribution in [3.8, 4) is 0 Å². The standard InChI is InChI=1S/C28H41F3O2/c1-18-8-12-22(32)17-21(18)11-10-20-7-6-16-27(5)23(13-14-24(20)27)19(2)9-15-25(26(3,4)33)28(29,30)31/h9-11,15,19,22-25,32-33H,1,6-8,12-14,16-17H2,2-5H3/b15-9+,20-10+,21-11-/t19-,22+,23-,24+,25?,27-/m1/s1. The Kier molecular flexibility index (Phi) is 7.75. The zero-order valence-corrected chi connectivity index (χ0v) is 20.6. The van der Waals surface area contributed by atoms with Crippen molar-refractivity contribution in [3.05, 3.63) is 47.6 Å². The lowest BCUT2D eigenvalue weighted by Gasteiger charge is -2.44. The molecule has 0 spiro atoms. The number of hydrogen-bond donors (Lipinski definition) is 2. The molecule has 6 atom stereocenters. The van der Waals surface area contributed by atoms with Gasteiger partial charge in [-0.05, 0) is 94.0 Å². The third-order valence-electron chi connectivity index (χ3n) is 8.58. The van der Waals surface area contributed by atoms with Crippen LogP contribution in [0, 0.1) is 29.1 Å². The van der Waals surface area contributed by atoms with Crippen LogP contribution in [-0.2, 0) is 0 Å². The summed E-state index contributed by atoms with van der Waals surface area (Å²) < 4.78 is 40.4. The van der Waals surface area contributed by atoms with E-state index in [1.54, 1.807) is 6.08 Å². The average molecular weight is 467 g/mol. The summed E-state index contributed by atoms with van der Waals surface area (Å²) in [7, 11) is 0. The van der Waals surface area contributed by atoms with Gasteiger partial charge in [-0.25, -0.2) is 0 Å². The molecule has 0 heterocycles. The largest absolute Gasteiger partial charge is 0.397 e. The molecule has 0 aromatic heterocycles. The lowest BCUT2D eigenvalue weighted by Crippen LogP contribution is -2.40. The van der Waals surface area contributed by atoms with Crippen LogP contribution in [0.3, 0.4) is 0 Å². The summed E-state index contributed by atoms with van der Waals surface area (Å²) in [5.74, 6) is -1.10. The molecule has 0 amide bonds. The fourth-order valence-electron chi connectivity index (χ4n) is 6.70. The van der Waals surface area contributed by atoms with Crippen LogP contribution in [-0.4, -0.2) is 28.1 Å². The first-order chi connectivity index (χ1) is 15.2. The highest BCUT2D eigenvalue weighted by molar-refractivity contribution is 5.36. The summed E-state index contributed by atoms with van der Waals surface area (Å²) in [6, 6.07) is 0. The Balaban J connectivity index is 1.78. The molecule has 0 radical (unpaired) electrons. The summed E-state index contributed by atoms with van der Waals surface area (Å²) >= 11 is 0. The van der Waals surface area contributed by atoms with Gasteiger partial charge in [0.2, 0.25) is 0 Å². The van der Waals surface area contributed by atoms with Crippen LogP contribution in [0.15, 0.2) is 47.6 Å². The molecule has 1 unspecified atom stereocenters. The normalized spacial score (nSPS) is 35.9. The summed E-state index contributed by atoms with van der Waals surface area (Å²) in [6.07, 6.45) is 10.1. The molecule has 33 heavy (non-hydrogen) atoms. The molecule has 2 N–H and O–H groups in total. The lowest BCUT2D eigenvalue weighted by atomic mass is 9.61. The molecular weight excluding hydrogens is 425 g/mol. The highest BCUT2D eigenvalue weighted by atomic mass is 19.4. The number of aliphatic hydroxyl groups is 2. The third-order valence-corrected chi connectivity index (χ3v) is 8.58. The highest BCUT2D eigenvalue weighted by Gasteiger charge is 2.51. The Morgan fingerprint density at radius 1 is 1.09 bits per heavy atom. The van der Waals surface area contributed by atoms with Crippen LogP contribution in [0.2, 0.25) is 0 Å². The van der Waals surface area contributed by atoms with Crippen molar-refractivity contribution in [2.24, 2.45) is 29.1 Å². The van der Waals surface area contributed by atoms with Crippen LogP contribution in [0.5, 0.6) is 0 Å². The summed E-state index contributed by atoms with van der Waals surface area (Å²) in [5.41, 5.74) is 1.92. The van der Waals surface area contributed by atoms with E-state index in [-0.39, 0.29) is 17.4 Å². The lowest BCUT2D eigenvalue weighted by molar-refractivity contribution is -0.202. The van der Waals surface area contributed by atoms with Gasteiger partial charge in [-0.2, -0.15) is 13.2 Å². The van der Waals surface area contributed by atoms with Crippen LogP contribution < -0.4 is 0 Å². The zero-order valence-electron chi connectivity index (χ0n) is 20.6. The van der Waals surface area contributed by atoms with Crippen molar-refractivity contribution >= 4 is 0 Å². The molecule has 3 rings (SSSR count). The van der Waals surface area contributed by atoms with E-state index in [0.717, 1.165) is 56.1 Å². The van der Waals surface area contributed by atoms with Crippen molar-refractivity contribution < 1.29 is 23.4 Å². The second-order valence-corrected chi connectivity index (χ2v) is 11.4. The number of hydrogen-bond acceptors (Lipinski definition) is 2. The number of aliphatic hydroxyl groups excluding tert-OH is 1. The number of rotatable bonds is 5. The third kappa shape index (κ3) is 5.85. The van der Waals surface area contributed by atoms with Gasteiger partial charge in [-0.15, -0.1) is 0 Å². The van der Waals surface area contributed by atoms with E-state index >= 15 is 0 Å². The quantitative estimate of drug-likeness (QED) is 0.417. The maximum absolute atomic E-state index is 13.5. The van der Waals surface area contributed by atoms with Crippen LogP contribution in [0.4, 0.5) is 13.2 Å². The minimum absolute atomic E-state index is 0.0122. The van der Waals surface area contributed by atoms with Gasteiger partial charge < -0.3 is 10.2 Å². The molecular formula is C28H41F3O2. The van der Waals surface area contributed by atoms with Gasteiger partial charge in [-0.1, -0.05) is 55.9 Å². The number of fused-ring (bicyclic) bond motifs is 1. The second-order valence-electron chi connectivity index (χ2n) is 11.4. The smallest absolute Gasteiger partial charge is 0.393 e. The van der Waals surface area contributed by atoms with Gasteiger partial charge in [0, 0.05) is 0 Å². The van der Waals surface area contributed by atoms with Gasteiger partial charge in [0.25, 0.3) is 0 Å². The molecule has 3 saturated carbocycles. The van der Waals surface area contributed by atoms with E-state index in [0.29, 0.717) is 18.3 Å². The average Bonchev–Trinajstić information content (AvgIpc) is 3.04. The second kappa shape index (κ2) is 9.73. The molecule has 0 saturated heterocycles.